The predicted octanol–water partition coefficient (Wildman–Crippen LogP) is 1.34. The Balaban J connectivity index is 2.92. The number of nitrogens with one attached hydrogen (secondary N) is 2. The summed E-state index contributed by atoms with van der Waals surface area (Å²) in [5.41, 5.74) is -0.683. The third-order valence-corrected chi connectivity index (χ3v) is 4.78. The van der Waals surface area contributed by atoms with Crippen molar-refractivity contribution in [1.29, 1.82) is 0 Å². The van der Waals surface area contributed by atoms with Crippen molar-refractivity contribution in [3.63, 3.8) is 0 Å². The van der Waals surface area contributed by atoms with Gasteiger partial charge < -0.3 is 4.98 Å². The highest BCUT2D eigenvalue weighted by atomic mass is 32.2. The number of H-pyrrole nitrogens is 1. The second-order valence-corrected chi connectivity index (χ2v) is 7.08. The summed E-state index contributed by atoms with van der Waals surface area (Å²) < 4.78 is 26.5. The van der Waals surface area contributed by atoms with Gasteiger partial charge in [-0.2, -0.15) is 0 Å². The normalized spacial score (nSPS) is 12.9. The van der Waals surface area contributed by atoms with Crippen LogP contribution in [0.5, 0.6) is 0 Å². The fourth-order valence-corrected chi connectivity index (χ4v) is 2.45. The first-order chi connectivity index (χ1) is 8.17. The van der Waals surface area contributed by atoms with E-state index in [0.717, 1.165) is 0 Å². The van der Waals surface area contributed by atoms with Gasteiger partial charge in [-0.3, -0.25) is 4.79 Å². The molecule has 102 valence electrons. The van der Waals surface area contributed by atoms with Crippen molar-refractivity contribution in [2.24, 2.45) is 11.3 Å². The zero-order valence-corrected chi connectivity index (χ0v) is 12.0. The van der Waals surface area contributed by atoms with Gasteiger partial charge in [0.1, 0.15) is 4.90 Å². The number of pyridine rings is 1. The molecule has 0 bridgehead atoms. The maximum Gasteiger partial charge on any atom is 0.245 e. The Hall–Kier alpha value is -1.14. The van der Waals surface area contributed by atoms with E-state index < -0.39 is 15.5 Å². The Labute approximate surface area is 108 Å². The average Bonchev–Trinajstić information content (AvgIpc) is 2.27. The molecular weight excluding hydrogens is 252 g/mol. The number of aromatic nitrogens is 1. The lowest BCUT2D eigenvalue weighted by molar-refractivity contribution is 0.252. The highest BCUT2D eigenvalue weighted by Crippen LogP contribution is 2.25. The largest absolute Gasteiger partial charge is 0.366 e. The number of rotatable bonds is 5. The van der Waals surface area contributed by atoms with Gasteiger partial charge in [0.15, 0.2) is 0 Å². The van der Waals surface area contributed by atoms with Gasteiger partial charge in [-0.25, -0.2) is 13.1 Å². The van der Waals surface area contributed by atoms with Crippen LogP contribution in [0.1, 0.15) is 27.7 Å². The van der Waals surface area contributed by atoms with Crippen LogP contribution in [-0.2, 0) is 10.0 Å². The van der Waals surface area contributed by atoms with Crippen LogP contribution in [0, 0.1) is 11.3 Å². The third kappa shape index (κ3) is 3.43. The number of aromatic amines is 1. The van der Waals surface area contributed by atoms with E-state index in [0.29, 0.717) is 12.5 Å². The van der Waals surface area contributed by atoms with E-state index in [4.69, 9.17) is 0 Å². The van der Waals surface area contributed by atoms with Gasteiger partial charge in [0.2, 0.25) is 15.5 Å². The van der Waals surface area contributed by atoms with Gasteiger partial charge in [0, 0.05) is 25.0 Å². The van der Waals surface area contributed by atoms with Crippen molar-refractivity contribution in [2.45, 2.75) is 32.6 Å². The lowest BCUT2D eigenvalue weighted by atomic mass is 9.81. The molecule has 0 aliphatic carbocycles. The first-order valence-electron chi connectivity index (χ1n) is 5.83. The van der Waals surface area contributed by atoms with Gasteiger partial charge >= 0.3 is 0 Å². The van der Waals surface area contributed by atoms with E-state index in [2.05, 4.69) is 9.71 Å². The topological polar surface area (TPSA) is 79.0 Å². The van der Waals surface area contributed by atoms with Crippen LogP contribution in [0.4, 0.5) is 0 Å². The number of sulfonamides is 1. The smallest absolute Gasteiger partial charge is 0.245 e. The average molecular weight is 272 g/mol. The molecule has 0 aliphatic heterocycles. The number of hydrogen-bond acceptors (Lipinski definition) is 3. The molecule has 1 aromatic heterocycles. The minimum Gasteiger partial charge on any atom is -0.366 e. The zero-order valence-electron chi connectivity index (χ0n) is 11.1. The molecule has 0 radical (unpaired) electrons. The Morgan fingerprint density at radius 1 is 1.39 bits per heavy atom. The number of hydrogen-bond donors (Lipinski definition) is 2. The van der Waals surface area contributed by atoms with Gasteiger partial charge in [-0.15, -0.1) is 0 Å². The molecule has 1 rings (SSSR count). The SMILES string of the molecule is CC(C)C(C)(C)CNS(=O)(=O)c1c[nH]ccc1=O. The maximum atomic E-state index is 12.0. The van der Waals surface area contributed by atoms with E-state index in [1.807, 2.05) is 27.7 Å². The second-order valence-electron chi connectivity index (χ2n) is 5.34. The quantitative estimate of drug-likeness (QED) is 0.849. The van der Waals surface area contributed by atoms with Crippen molar-refractivity contribution in [3.05, 3.63) is 28.7 Å². The van der Waals surface area contributed by atoms with Crippen LogP contribution >= 0.6 is 0 Å². The van der Waals surface area contributed by atoms with Crippen LogP contribution in [-0.4, -0.2) is 19.9 Å². The van der Waals surface area contributed by atoms with Gasteiger partial charge in [0.05, 0.1) is 0 Å². The van der Waals surface area contributed by atoms with E-state index in [9.17, 15) is 13.2 Å². The van der Waals surface area contributed by atoms with Crippen molar-refractivity contribution in [2.75, 3.05) is 6.54 Å². The first-order valence-corrected chi connectivity index (χ1v) is 7.32. The Morgan fingerprint density at radius 3 is 2.50 bits per heavy atom. The van der Waals surface area contributed by atoms with Crippen molar-refractivity contribution < 1.29 is 8.42 Å². The van der Waals surface area contributed by atoms with Crippen LogP contribution in [0.3, 0.4) is 0 Å². The third-order valence-electron chi connectivity index (χ3n) is 3.36. The molecule has 0 spiro atoms. The summed E-state index contributed by atoms with van der Waals surface area (Å²) in [5, 5.41) is 0. The van der Waals surface area contributed by atoms with Gasteiger partial charge in [-0.1, -0.05) is 27.7 Å². The molecule has 0 fully saturated rings. The summed E-state index contributed by atoms with van der Waals surface area (Å²) in [6, 6.07) is 1.20. The summed E-state index contributed by atoms with van der Waals surface area (Å²) in [4.78, 5) is 13.8. The Bertz CT molecular complexity index is 559. The Morgan fingerprint density at radius 2 is 2.00 bits per heavy atom. The molecule has 0 aliphatic rings. The highest BCUT2D eigenvalue weighted by molar-refractivity contribution is 7.89. The van der Waals surface area contributed by atoms with Crippen LogP contribution in [0.15, 0.2) is 28.2 Å². The summed E-state index contributed by atoms with van der Waals surface area (Å²) in [6.45, 7) is 8.32. The molecule has 0 saturated carbocycles. The predicted molar refractivity (Wildman–Crippen MR) is 70.9 cm³/mol. The van der Waals surface area contributed by atoms with Gasteiger partial charge in [-0.05, 0) is 11.3 Å². The summed E-state index contributed by atoms with van der Waals surface area (Å²) in [5.74, 6) is 0.328. The summed E-state index contributed by atoms with van der Waals surface area (Å²) in [7, 11) is -3.75. The van der Waals surface area contributed by atoms with Gasteiger partial charge in [0.25, 0.3) is 0 Å². The molecule has 1 heterocycles. The maximum absolute atomic E-state index is 12.0. The van der Waals surface area contributed by atoms with E-state index >= 15 is 0 Å². The fourth-order valence-electron chi connectivity index (χ4n) is 1.17. The zero-order chi connectivity index (χ0) is 14.0. The molecule has 18 heavy (non-hydrogen) atoms. The van der Waals surface area contributed by atoms with Crippen LogP contribution in [0.2, 0.25) is 0 Å². The fraction of sp³-hybridized carbons (Fsp3) is 0.583. The molecule has 0 aromatic carbocycles. The summed E-state index contributed by atoms with van der Waals surface area (Å²) in [6.07, 6.45) is 2.60. The second kappa shape index (κ2) is 5.24. The lowest BCUT2D eigenvalue weighted by Crippen LogP contribution is -2.38. The van der Waals surface area contributed by atoms with Crippen molar-refractivity contribution in [3.8, 4) is 0 Å². The van der Waals surface area contributed by atoms with E-state index in [1.165, 1.54) is 18.5 Å². The van der Waals surface area contributed by atoms with Crippen LogP contribution < -0.4 is 10.2 Å². The monoisotopic (exact) mass is 272 g/mol. The molecule has 1 aromatic rings. The minimum atomic E-state index is -3.75. The lowest BCUT2D eigenvalue weighted by Gasteiger charge is -2.29. The molecular formula is C12H20N2O3S. The molecule has 6 heteroatoms. The molecule has 0 unspecified atom stereocenters. The highest BCUT2D eigenvalue weighted by Gasteiger charge is 2.26. The minimum absolute atomic E-state index is 0.172. The molecule has 0 amide bonds. The van der Waals surface area contributed by atoms with Crippen molar-refractivity contribution >= 4 is 10.0 Å². The van der Waals surface area contributed by atoms with E-state index in [1.54, 1.807) is 0 Å². The summed E-state index contributed by atoms with van der Waals surface area (Å²) >= 11 is 0. The first kappa shape index (κ1) is 14.9. The molecule has 2 N–H and O–H groups in total. The molecule has 0 saturated heterocycles. The van der Waals surface area contributed by atoms with E-state index in [-0.39, 0.29) is 10.3 Å². The standard InChI is InChI=1S/C12H20N2O3S/c1-9(2)12(3,4)8-14-18(16,17)11-7-13-6-5-10(11)15/h5-7,9,14H,8H2,1-4H3,(H,13,15). The van der Waals surface area contributed by atoms with Crippen molar-refractivity contribution in [1.82, 2.24) is 9.71 Å². The molecule has 0 atom stereocenters. The van der Waals surface area contributed by atoms with Crippen LogP contribution in [0.25, 0.3) is 0 Å². The Kier molecular flexibility index (Phi) is 4.34. The molecule has 5 nitrogen and oxygen atoms in total.